The average Bonchev–Trinajstić information content (AvgIpc) is 3.48. The molecule has 1 saturated heterocycles. The van der Waals surface area contributed by atoms with Crippen LogP contribution in [-0.4, -0.2) is 141 Å². The van der Waals surface area contributed by atoms with E-state index >= 15 is 0 Å². The van der Waals surface area contributed by atoms with Crippen LogP contribution < -0.4 is 0 Å². The zero-order chi connectivity index (χ0) is 36.0. The van der Waals surface area contributed by atoms with Crippen LogP contribution in [0.5, 0.6) is 0 Å². The predicted molar refractivity (Wildman–Crippen MR) is 175 cm³/mol. The number of likely N-dealkylation sites (tertiary alicyclic amines) is 1. The molecule has 0 radical (unpaired) electrons. The lowest BCUT2D eigenvalue weighted by Crippen LogP contribution is -2.81. The number of methoxy groups -OCH3 is 4. The summed E-state index contributed by atoms with van der Waals surface area (Å²) in [7, 11) is 6.19. The minimum atomic E-state index is -1.88. The molecule has 50 heavy (non-hydrogen) atoms. The summed E-state index contributed by atoms with van der Waals surface area (Å²) in [5.41, 5.74) is -5.06. The number of esters is 3. The Morgan fingerprint density at radius 1 is 0.980 bits per heavy atom. The molecule has 0 amide bonds. The van der Waals surface area contributed by atoms with Crippen LogP contribution in [0.2, 0.25) is 0 Å². The maximum absolute atomic E-state index is 13.9. The molecule has 0 aromatic heterocycles. The highest BCUT2D eigenvalue weighted by molar-refractivity contribution is 6.26. The first-order chi connectivity index (χ1) is 23.9. The SMILES string of the molecule is CCN1CC2(COC)C(OC(=O)CCl)CC(OC)C34C5CC6(O)C(OC)C(O)C(OC(C)=O)(C5C6OC(=O)c5ccccc5)C(C(OC)C23)C14. The molecule has 6 fully saturated rings. The number of hydrogen-bond acceptors (Lipinski definition) is 13. The Bertz CT molecular complexity index is 1500. The van der Waals surface area contributed by atoms with Crippen LogP contribution in [0.25, 0.3) is 0 Å². The normalized spacial score (nSPS) is 46.7. The van der Waals surface area contributed by atoms with Gasteiger partial charge >= 0.3 is 17.9 Å². The lowest BCUT2D eigenvalue weighted by Gasteiger charge is -2.70. The summed E-state index contributed by atoms with van der Waals surface area (Å²) in [6, 6.07) is 8.06. The van der Waals surface area contributed by atoms with E-state index in [-0.39, 0.29) is 24.5 Å². The van der Waals surface area contributed by atoms with Crippen LogP contribution in [0.1, 0.15) is 37.0 Å². The molecule has 2 N–H and O–H groups in total. The minimum absolute atomic E-state index is 0.0335. The van der Waals surface area contributed by atoms with Crippen molar-refractivity contribution in [3.8, 4) is 0 Å². The third-order valence-corrected chi connectivity index (χ3v) is 13.7. The molecule has 5 aliphatic carbocycles. The Hall–Kier alpha value is -2.36. The van der Waals surface area contributed by atoms with Crippen LogP contribution in [0.15, 0.2) is 30.3 Å². The first kappa shape index (κ1) is 36.0. The third kappa shape index (κ3) is 4.35. The Morgan fingerprint density at radius 3 is 2.28 bits per heavy atom. The van der Waals surface area contributed by atoms with Crippen molar-refractivity contribution in [2.75, 3.05) is 54.0 Å². The van der Waals surface area contributed by atoms with Gasteiger partial charge in [0.2, 0.25) is 0 Å². The van der Waals surface area contributed by atoms with Crippen molar-refractivity contribution in [1.82, 2.24) is 4.90 Å². The van der Waals surface area contributed by atoms with E-state index in [1.54, 1.807) is 51.7 Å². The van der Waals surface area contributed by atoms with E-state index in [4.69, 9.17) is 44.8 Å². The molecule has 14 heteroatoms. The number of piperidine rings is 1. The van der Waals surface area contributed by atoms with E-state index in [2.05, 4.69) is 4.90 Å². The van der Waals surface area contributed by atoms with Crippen molar-refractivity contribution < 1.29 is 57.8 Å². The Morgan fingerprint density at radius 2 is 1.70 bits per heavy atom. The van der Waals surface area contributed by atoms with Gasteiger partial charge in [-0.2, -0.15) is 0 Å². The molecule has 1 aromatic carbocycles. The van der Waals surface area contributed by atoms with Crippen LogP contribution in [0.3, 0.4) is 0 Å². The van der Waals surface area contributed by atoms with E-state index in [1.165, 1.54) is 14.0 Å². The standard InChI is InChI=1S/C36H48ClNO12/c1-7-38-16-33(17-44-3)21(48-23(40)15-37)13-22(45-4)35-20-14-34(43)30(49-32(42)19-11-9-8-10-12-19)24(20)36(50-18(2)39,29(41)31(34)47-6)25(28(35)38)26(46-5)27(33)35/h8-12,20-22,24-31,41,43H,7,13-17H2,1-6H3. The van der Waals surface area contributed by atoms with Gasteiger partial charge in [-0.05, 0) is 31.0 Å². The predicted octanol–water partition coefficient (Wildman–Crippen LogP) is 1.44. The number of benzene rings is 1. The van der Waals surface area contributed by atoms with Gasteiger partial charge in [-0.15, -0.1) is 11.6 Å². The maximum Gasteiger partial charge on any atom is 0.338 e. The highest BCUT2D eigenvalue weighted by atomic mass is 35.5. The summed E-state index contributed by atoms with van der Waals surface area (Å²) in [6.07, 6.45) is -5.73. The molecule has 5 saturated carbocycles. The van der Waals surface area contributed by atoms with Crippen molar-refractivity contribution in [3.63, 3.8) is 0 Å². The Kier molecular flexibility index (Phi) is 9.11. The second-order valence-corrected chi connectivity index (χ2v) is 15.3. The van der Waals surface area contributed by atoms with Gasteiger partial charge in [0.15, 0.2) is 5.60 Å². The molecule has 7 bridgehead atoms. The van der Waals surface area contributed by atoms with Crippen molar-refractivity contribution >= 4 is 29.5 Å². The number of fused-ring (bicyclic) bond motifs is 2. The van der Waals surface area contributed by atoms with Crippen LogP contribution >= 0.6 is 11.6 Å². The number of hydrogen-bond donors (Lipinski definition) is 2. The van der Waals surface area contributed by atoms with Crippen molar-refractivity contribution in [1.29, 1.82) is 0 Å². The summed E-state index contributed by atoms with van der Waals surface area (Å²) in [5.74, 6) is -4.87. The van der Waals surface area contributed by atoms with Gasteiger partial charge in [-0.25, -0.2) is 4.79 Å². The summed E-state index contributed by atoms with van der Waals surface area (Å²) in [4.78, 5) is 42.4. The third-order valence-electron chi connectivity index (χ3n) is 13.5. The van der Waals surface area contributed by atoms with Gasteiger partial charge in [0.05, 0.1) is 24.4 Å². The van der Waals surface area contributed by atoms with Gasteiger partial charge in [0.25, 0.3) is 0 Å². The molecule has 15 unspecified atom stereocenters. The molecule has 6 aliphatic rings. The monoisotopic (exact) mass is 721 g/mol. The first-order valence-electron chi connectivity index (χ1n) is 17.4. The molecule has 7 rings (SSSR count). The van der Waals surface area contributed by atoms with Crippen molar-refractivity contribution in [2.45, 2.75) is 80.6 Å². The van der Waals surface area contributed by atoms with Gasteiger partial charge in [0, 0.05) is 83.0 Å². The smallest absolute Gasteiger partial charge is 0.338 e. The quantitative estimate of drug-likeness (QED) is 0.192. The molecular weight excluding hydrogens is 674 g/mol. The Balaban J connectivity index is 1.52. The molecule has 1 aromatic rings. The second-order valence-electron chi connectivity index (χ2n) is 15.0. The van der Waals surface area contributed by atoms with E-state index in [0.29, 0.717) is 19.5 Å². The van der Waals surface area contributed by atoms with Gasteiger partial charge in [-0.1, -0.05) is 25.1 Å². The fraction of sp³-hybridized carbons (Fsp3) is 0.750. The van der Waals surface area contributed by atoms with E-state index in [1.807, 2.05) is 6.92 Å². The Labute approximate surface area is 296 Å². The number of carbonyl (C=O) groups is 3. The molecule has 1 aliphatic heterocycles. The number of rotatable bonds is 11. The summed E-state index contributed by atoms with van der Waals surface area (Å²) < 4.78 is 44.0. The lowest BCUT2D eigenvalue weighted by atomic mass is 9.42. The number of aliphatic hydroxyl groups is 2. The maximum atomic E-state index is 13.9. The number of aliphatic hydroxyl groups excluding tert-OH is 1. The summed E-state index contributed by atoms with van der Waals surface area (Å²) >= 11 is 5.99. The van der Waals surface area contributed by atoms with Gasteiger partial charge < -0.3 is 43.4 Å². The number of nitrogens with zero attached hydrogens (tertiary/aromatic N) is 1. The summed E-state index contributed by atoms with van der Waals surface area (Å²) in [5, 5.41) is 25.5. The van der Waals surface area contributed by atoms with E-state index < -0.39 is 106 Å². The molecule has 1 heterocycles. The second kappa shape index (κ2) is 12.6. The molecule has 276 valence electrons. The van der Waals surface area contributed by atoms with E-state index in [0.717, 1.165) is 0 Å². The number of alkyl halides is 1. The van der Waals surface area contributed by atoms with Crippen molar-refractivity contribution in [2.24, 2.45) is 34.5 Å². The van der Waals surface area contributed by atoms with Crippen LogP contribution in [0, 0.1) is 34.5 Å². The lowest BCUT2D eigenvalue weighted by molar-refractivity contribution is -0.322. The summed E-state index contributed by atoms with van der Waals surface area (Å²) in [6.45, 7) is 4.48. The molecule has 15 atom stereocenters. The highest BCUT2D eigenvalue weighted by Gasteiger charge is 2.92. The molecular formula is C36H48ClNO12. The van der Waals surface area contributed by atoms with E-state index in [9.17, 15) is 24.6 Å². The van der Waals surface area contributed by atoms with Crippen LogP contribution in [-0.2, 0) is 42.7 Å². The average molecular weight is 722 g/mol. The number of carbonyl (C=O) groups excluding carboxylic acids is 3. The van der Waals surface area contributed by atoms with Gasteiger partial charge in [0.1, 0.15) is 35.9 Å². The number of ether oxygens (including phenoxy) is 7. The van der Waals surface area contributed by atoms with Gasteiger partial charge in [-0.3, -0.25) is 14.5 Å². The zero-order valence-corrected chi connectivity index (χ0v) is 30.0. The molecule has 1 spiro atoms. The van der Waals surface area contributed by atoms with Crippen molar-refractivity contribution in [3.05, 3.63) is 35.9 Å². The number of halogens is 1. The molecule has 13 nitrogen and oxygen atoms in total. The first-order valence-corrected chi connectivity index (χ1v) is 17.9. The fourth-order valence-corrected chi connectivity index (χ4v) is 12.7. The topological polar surface area (TPSA) is 160 Å². The fourth-order valence-electron chi connectivity index (χ4n) is 12.6. The zero-order valence-electron chi connectivity index (χ0n) is 29.3. The van der Waals surface area contributed by atoms with Crippen LogP contribution in [0.4, 0.5) is 0 Å². The largest absolute Gasteiger partial charge is 0.461 e. The highest BCUT2D eigenvalue weighted by Crippen LogP contribution is 2.80. The minimum Gasteiger partial charge on any atom is -0.461 e.